The van der Waals surface area contributed by atoms with E-state index in [0.717, 1.165) is 37.1 Å². The summed E-state index contributed by atoms with van der Waals surface area (Å²) in [6, 6.07) is 14.4. The van der Waals surface area contributed by atoms with E-state index in [1.165, 1.54) is 4.90 Å². The Hall–Kier alpha value is -2.90. The fourth-order valence-corrected chi connectivity index (χ4v) is 4.35. The van der Waals surface area contributed by atoms with Crippen LogP contribution in [-0.2, 0) is 11.3 Å². The van der Waals surface area contributed by atoms with Crippen molar-refractivity contribution in [3.8, 4) is 0 Å². The molecule has 8 heteroatoms. The normalized spacial score (nSPS) is 17.6. The number of rotatable bonds is 7. The Bertz CT molecular complexity index is 957. The first-order valence-electron chi connectivity index (χ1n) is 10.5. The van der Waals surface area contributed by atoms with Gasteiger partial charge in [-0.2, -0.15) is 0 Å². The van der Waals surface area contributed by atoms with Crippen LogP contribution in [0.25, 0.3) is 0 Å². The lowest BCUT2D eigenvalue weighted by atomic mass is 10.0. The molecule has 0 aromatic heterocycles. The van der Waals surface area contributed by atoms with Gasteiger partial charge >= 0.3 is 6.03 Å². The quantitative estimate of drug-likeness (QED) is 0.648. The maximum atomic E-state index is 12.7. The highest BCUT2D eigenvalue weighted by molar-refractivity contribution is 6.31. The van der Waals surface area contributed by atoms with Gasteiger partial charge in [0.15, 0.2) is 0 Å². The lowest BCUT2D eigenvalue weighted by molar-refractivity contribution is -0.125. The van der Waals surface area contributed by atoms with Gasteiger partial charge in [0.1, 0.15) is 0 Å². The van der Waals surface area contributed by atoms with Crippen LogP contribution in [0.2, 0.25) is 5.02 Å². The monoisotopic (exact) mass is 440 g/mol. The number of nitrogens with zero attached hydrogens (tertiary/aromatic N) is 2. The van der Waals surface area contributed by atoms with E-state index in [4.69, 9.17) is 11.6 Å². The molecule has 0 spiro atoms. The van der Waals surface area contributed by atoms with E-state index in [0.29, 0.717) is 17.1 Å². The number of carbonyl (C=O) groups excluding carboxylic acids is 3. The first kappa shape index (κ1) is 21.3. The lowest BCUT2D eigenvalue weighted by Gasteiger charge is -2.29. The van der Waals surface area contributed by atoms with Gasteiger partial charge in [0.25, 0.3) is 5.91 Å². The summed E-state index contributed by atoms with van der Waals surface area (Å²) < 4.78 is 0. The van der Waals surface area contributed by atoms with Crippen molar-refractivity contribution in [1.29, 1.82) is 0 Å². The van der Waals surface area contributed by atoms with Crippen LogP contribution in [0.4, 0.5) is 4.79 Å². The first-order valence-corrected chi connectivity index (χ1v) is 10.8. The van der Waals surface area contributed by atoms with Crippen LogP contribution in [-0.4, -0.2) is 53.8 Å². The molecule has 2 aromatic carbocycles. The van der Waals surface area contributed by atoms with E-state index in [2.05, 4.69) is 15.5 Å². The fourth-order valence-electron chi connectivity index (χ4n) is 4.09. The van der Waals surface area contributed by atoms with Gasteiger partial charge in [0.05, 0.1) is 19.1 Å². The number of imide groups is 1. The summed E-state index contributed by atoms with van der Waals surface area (Å²) >= 11 is 6.44. The predicted molar refractivity (Wildman–Crippen MR) is 118 cm³/mol. The molecule has 0 bridgehead atoms. The Kier molecular flexibility index (Phi) is 6.53. The largest absolute Gasteiger partial charge is 0.350 e. The molecule has 0 radical (unpaired) electrons. The van der Waals surface area contributed by atoms with Crippen molar-refractivity contribution >= 4 is 29.4 Å². The number of halogens is 1. The topological polar surface area (TPSA) is 81.8 Å². The van der Waals surface area contributed by atoms with E-state index in [1.807, 2.05) is 24.3 Å². The molecule has 2 N–H and O–H groups in total. The van der Waals surface area contributed by atoms with Gasteiger partial charge in [0.2, 0.25) is 5.91 Å². The second kappa shape index (κ2) is 9.49. The molecular formula is C23H25ClN4O3. The second-order valence-electron chi connectivity index (χ2n) is 7.83. The highest BCUT2D eigenvalue weighted by Gasteiger charge is 2.28. The molecule has 162 valence electrons. The molecule has 2 aliphatic heterocycles. The fraction of sp³-hybridized carbons (Fsp3) is 0.348. The van der Waals surface area contributed by atoms with Crippen LogP contribution in [0.5, 0.6) is 0 Å². The molecule has 2 aliphatic rings. The number of hydrogen-bond donors (Lipinski definition) is 2. The Morgan fingerprint density at radius 1 is 1.06 bits per heavy atom. The highest BCUT2D eigenvalue weighted by Crippen LogP contribution is 2.29. The third-order valence-corrected chi connectivity index (χ3v) is 6.14. The van der Waals surface area contributed by atoms with Crippen molar-refractivity contribution in [3.05, 3.63) is 70.2 Å². The maximum Gasteiger partial charge on any atom is 0.324 e. The van der Waals surface area contributed by atoms with Gasteiger partial charge in [-0.25, -0.2) is 4.79 Å². The minimum atomic E-state index is -0.389. The van der Waals surface area contributed by atoms with Gasteiger partial charge in [-0.05, 0) is 55.3 Å². The van der Waals surface area contributed by atoms with Gasteiger partial charge < -0.3 is 10.6 Å². The minimum Gasteiger partial charge on any atom is -0.350 e. The third kappa shape index (κ3) is 4.89. The summed E-state index contributed by atoms with van der Waals surface area (Å²) in [7, 11) is 0. The van der Waals surface area contributed by atoms with Crippen molar-refractivity contribution < 1.29 is 14.4 Å². The summed E-state index contributed by atoms with van der Waals surface area (Å²) in [5.41, 5.74) is 2.34. The maximum absolute atomic E-state index is 12.7. The van der Waals surface area contributed by atoms with Crippen LogP contribution in [0, 0.1) is 0 Å². The summed E-state index contributed by atoms with van der Waals surface area (Å²) in [5, 5.41) is 6.24. The first-order chi connectivity index (χ1) is 15.0. The Morgan fingerprint density at radius 2 is 1.77 bits per heavy atom. The zero-order valence-electron chi connectivity index (χ0n) is 17.1. The molecule has 0 aliphatic carbocycles. The molecule has 7 nitrogen and oxygen atoms in total. The van der Waals surface area contributed by atoms with Crippen LogP contribution < -0.4 is 10.6 Å². The van der Waals surface area contributed by atoms with E-state index in [-0.39, 0.29) is 37.0 Å². The average molecular weight is 441 g/mol. The average Bonchev–Trinajstić information content (AvgIpc) is 3.41. The Morgan fingerprint density at radius 3 is 2.42 bits per heavy atom. The Labute approximate surface area is 186 Å². The van der Waals surface area contributed by atoms with Gasteiger partial charge in [-0.3, -0.25) is 19.4 Å². The predicted octanol–water partition coefficient (Wildman–Crippen LogP) is 2.96. The third-order valence-electron chi connectivity index (χ3n) is 5.80. The zero-order chi connectivity index (χ0) is 21.8. The smallest absolute Gasteiger partial charge is 0.324 e. The molecule has 4 amide bonds. The lowest BCUT2D eigenvalue weighted by Crippen LogP contribution is -2.37. The van der Waals surface area contributed by atoms with Crippen molar-refractivity contribution in [2.24, 2.45) is 0 Å². The van der Waals surface area contributed by atoms with Crippen molar-refractivity contribution in [1.82, 2.24) is 20.4 Å². The molecule has 2 fully saturated rings. The molecule has 0 unspecified atom stereocenters. The van der Waals surface area contributed by atoms with Crippen LogP contribution in [0.15, 0.2) is 48.5 Å². The van der Waals surface area contributed by atoms with Crippen LogP contribution in [0.1, 0.15) is 40.4 Å². The number of hydrogen-bond acceptors (Lipinski definition) is 4. The van der Waals surface area contributed by atoms with Gasteiger partial charge in [-0.15, -0.1) is 0 Å². The molecule has 31 heavy (non-hydrogen) atoms. The molecular weight excluding hydrogens is 416 g/mol. The van der Waals surface area contributed by atoms with Gasteiger partial charge in [-0.1, -0.05) is 41.9 Å². The summed E-state index contributed by atoms with van der Waals surface area (Å²) in [5.74, 6) is -0.419. The highest BCUT2D eigenvalue weighted by atomic mass is 35.5. The summed E-state index contributed by atoms with van der Waals surface area (Å²) in [4.78, 5) is 39.7. The SMILES string of the molecule is O=C(NC[C@H](c1ccccc1Cl)N1CCCC1)c1ccc(CN2C(=O)CNC2=O)cc1. The summed E-state index contributed by atoms with van der Waals surface area (Å²) in [6.07, 6.45) is 2.29. The molecule has 0 saturated carbocycles. The van der Waals surface area contributed by atoms with E-state index in [9.17, 15) is 14.4 Å². The number of carbonyl (C=O) groups is 3. The second-order valence-corrected chi connectivity index (χ2v) is 8.23. The molecule has 4 rings (SSSR count). The van der Waals surface area contributed by atoms with Crippen LogP contribution >= 0.6 is 11.6 Å². The molecule has 2 aromatic rings. The zero-order valence-corrected chi connectivity index (χ0v) is 17.9. The van der Waals surface area contributed by atoms with Crippen molar-refractivity contribution in [2.45, 2.75) is 25.4 Å². The van der Waals surface area contributed by atoms with Crippen molar-refractivity contribution in [3.63, 3.8) is 0 Å². The Balaban J connectivity index is 1.40. The minimum absolute atomic E-state index is 0.0270. The van der Waals surface area contributed by atoms with E-state index < -0.39 is 0 Å². The van der Waals surface area contributed by atoms with E-state index in [1.54, 1.807) is 24.3 Å². The number of urea groups is 1. The summed E-state index contributed by atoms with van der Waals surface area (Å²) in [6.45, 7) is 2.67. The number of benzene rings is 2. The number of nitrogens with one attached hydrogen (secondary N) is 2. The number of likely N-dealkylation sites (tertiary alicyclic amines) is 1. The van der Waals surface area contributed by atoms with Crippen molar-refractivity contribution in [2.75, 3.05) is 26.2 Å². The van der Waals surface area contributed by atoms with Crippen LogP contribution in [0.3, 0.4) is 0 Å². The molecule has 1 atom stereocenters. The van der Waals surface area contributed by atoms with Gasteiger partial charge in [0, 0.05) is 17.1 Å². The standard InChI is InChI=1S/C23H25ClN4O3/c24-19-6-2-1-5-18(19)20(27-11-3-4-12-27)13-25-22(30)17-9-7-16(8-10-17)15-28-21(29)14-26-23(28)31/h1-2,5-10,20H,3-4,11-15H2,(H,25,30)(H,26,31)/t20-/m1/s1. The van der Waals surface area contributed by atoms with E-state index >= 15 is 0 Å². The number of amides is 4. The molecule has 2 heterocycles. The molecule has 2 saturated heterocycles.